The largest absolute Gasteiger partial charge is 0.464 e. The standard InChI is InChI=1S/C38H72BrNO5/c1-5-9-13-17-19-23-27-34(25-21-15-11-7-3)37(42)44-31-29-40(36(41)33-39)30-32-45-38(43)35(26-22-16-12-8-4)28-24-20-18-14-10-6-2/h34-35H,5-33H2,1-4H3. The third-order valence-corrected chi connectivity index (χ3v) is 9.45. The minimum atomic E-state index is -0.127. The lowest BCUT2D eigenvalue weighted by molar-refractivity contribution is -0.152. The van der Waals surface area contributed by atoms with Crippen LogP contribution in [0.3, 0.4) is 0 Å². The summed E-state index contributed by atoms with van der Waals surface area (Å²) < 4.78 is 11.5. The molecule has 7 heteroatoms. The number of amides is 1. The summed E-state index contributed by atoms with van der Waals surface area (Å²) >= 11 is 3.28. The van der Waals surface area contributed by atoms with Crippen molar-refractivity contribution >= 4 is 33.8 Å². The number of unbranched alkanes of at least 4 members (excludes halogenated alkanes) is 16. The Kier molecular flexibility index (Phi) is 32.0. The quantitative estimate of drug-likeness (QED) is 0.0387. The van der Waals surface area contributed by atoms with Gasteiger partial charge in [0.05, 0.1) is 30.3 Å². The second-order valence-corrected chi connectivity index (χ2v) is 13.6. The van der Waals surface area contributed by atoms with Gasteiger partial charge in [-0.25, -0.2) is 0 Å². The minimum absolute atomic E-state index is 0.0600. The third-order valence-electron chi connectivity index (χ3n) is 8.97. The second kappa shape index (κ2) is 32.8. The maximum absolute atomic E-state index is 13.1. The molecule has 6 nitrogen and oxygen atoms in total. The van der Waals surface area contributed by atoms with Crippen LogP contribution < -0.4 is 0 Å². The van der Waals surface area contributed by atoms with Crippen molar-refractivity contribution in [3.8, 4) is 0 Å². The van der Waals surface area contributed by atoms with Gasteiger partial charge >= 0.3 is 11.9 Å². The van der Waals surface area contributed by atoms with Crippen molar-refractivity contribution in [2.24, 2.45) is 11.8 Å². The Bertz CT molecular complexity index is 654. The average Bonchev–Trinajstić information content (AvgIpc) is 3.04. The SMILES string of the molecule is CCCCCCCCC(CCCCCC)C(=O)OCCN(CCOC(=O)C(CCCCCC)CCCCCCCC)C(=O)CBr. The molecule has 0 aromatic carbocycles. The third kappa shape index (κ3) is 25.6. The van der Waals surface area contributed by atoms with E-state index in [1.165, 1.54) is 89.9 Å². The van der Waals surface area contributed by atoms with E-state index in [9.17, 15) is 14.4 Å². The first-order valence-corrected chi connectivity index (χ1v) is 20.2. The first-order chi connectivity index (χ1) is 21.9. The first kappa shape index (κ1) is 43.9. The van der Waals surface area contributed by atoms with E-state index in [1.54, 1.807) is 4.90 Å². The second-order valence-electron chi connectivity index (χ2n) is 13.1. The normalized spacial score (nSPS) is 12.6. The van der Waals surface area contributed by atoms with Crippen molar-refractivity contribution in [3.63, 3.8) is 0 Å². The van der Waals surface area contributed by atoms with Gasteiger partial charge in [-0.3, -0.25) is 14.4 Å². The van der Waals surface area contributed by atoms with Crippen LogP contribution in [0.15, 0.2) is 0 Å². The van der Waals surface area contributed by atoms with Crippen molar-refractivity contribution in [1.29, 1.82) is 0 Å². The molecule has 1 amide bonds. The molecule has 0 bridgehead atoms. The molecule has 0 saturated heterocycles. The summed E-state index contributed by atoms with van der Waals surface area (Å²) in [6.45, 7) is 9.82. The summed E-state index contributed by atoms with van der Waals surface area (Å²) in [7, 11) is 0. The number of ether oxygens (including phenoxy) is 2. The number of hydrogen-bond acceptors (Lipinski definition) is 5. The van der Waals surface area contributed by atoms with Gasteiger partial charge in [0.25, 0.3) is 0 Å². The maximum Gasteiger partial charge on any atom is 0.308 e. The zero-order chi connectivity index (χ0) is 33.4. The minimum Gasteiger partial charge on any atom is -0.464 e. The number of alkyl halides is 1. The first-order valence-electron chi connectivity index (χ1n) is 19.1. The summed E-state index contributed by atoms with van der Waals surface area (Å²) in [5.41, 5.74) is 0. The molecule has 0 saturated carbocycles. The van der Waals surface area contributed by atoms with Crippen molar-refractivity contribution < 1.29 is 23.9 Å². The Morgan fingerprint density at radius 2 is 0.778 bits per heavy atom. The fraction of sp³-hybridized carbons (Fsp3) is 0.921. The molecular weight excluding hydrogens is 630 g/mol. The van der Waals surface area contributed by atoms with E-state index in [-0.39, 0.29) is 48.2 Å². The lowest BCUT2D eigenvalue weighted by Gasteiger charge is -2.23. The monoisotopic (exact) mass is 701 g/mol. The molecule has 0 fully saturated rings. The molecule has 266 valence electrons. The lowest BCUT2D eigenvalue weighted by Crippen LogP contribution is -2.38. The lowest BCUT2D eigenvalue weighted by atomic mass is 9.94. The number of esters is 2. The molecular formula is C38H72BrNO5. The fourth-order valence-corrected chi connectivity index (χ4v) is 6.29. The van der Waals surface area contributed by atoms with E-state index in [1.807, 2.05) is 0 Å². The molecule has 0 aliphatic rings. The highest BCUT2D eigenvalue weighted by Gasteiger charge is 2.22. The van der Waals surface area contributed by atoms with Gasteiger partial charge in [-0.1, -0.05) is 172 Å². The molecule has 2 atom stereocenters. The topological polar surface area (TPSA) is 72.9 Å². The number of rotatable bonds is 33. The van der Waals surface area contributed by atoms with Gasteiger partial charge in [-0.05, 0) is 25.7 Å². The highest BCUT2D eigenvalue weighted by molar-refractivity contribution is 9.09. The number of nitrogens with zero attached hydrogens (tertiary/aromatic N) is 1. The predicted octanol–water partition coefficient (Wildman–Crippen LogP) is 11.0. The molecule has 0 rings (SSSR count). The van der Waals surface area contributed by atoms with Crippen LogP contribution in [0.4, 0.5) is 0 Å². The number of carbonyl (C=O) groups is 3. The molecule has 0 aromatic rings. The van der Waals surface area contributed by atoms with Gasteiger partial charge in [-0.15, -0.1) is 0 Å². The predicted molar refractivity (Wildman–Crippen MR) is 193 cm³/mol. The van der Waals surface area contributed by atoms with Crippen molar-refractivity contribution in [1.82, 2.24) is 4.90 Å². The molecule has 0 radical (unpaired) electrons. The van der Waals surface area contributed by atoms with Gasteiger partial charge in [-0.2, -0.15) is 0 Å². The van der Waals surface area contributed by atoms with Crippen LogP contribution in [0.5, 0.6) is 0 Å². The van der Waals surface area contributed by atoms with Crippen LogP contribution in [0.1, 0.15) is 182 Å². The summed E-state index contributed by atoms with van der Waals surface area (Å²) in [6, 6.07) is 0. The van der Waals surface area contributed by atoms with Crippen molar-refractivity contribution in [2.75, 3.05) is 31.6 Å². The zero-order valence-electron chi connectivity index (χ0n) is 30.0. The number of halogens is 1. The van der Waals surface area contributed by atoms with E-state index in [2.05, 4.69) is 43.6 Å². The van der Waals surface area contributed by atoms with E-state index in [0.29, 0.717) is 13.1 Å². The van der Waals surface area contributed by atoms with Gasteiger partial charge in [0.1, 0.15) is 13.2 Å². The van der Waals surface area contributed by atoms with Gasteiger partial charge < -0.3 is 14.4 Å². The van der Waals surface area contributed by atoms with E-state index < -0.39 is 0 Å². The van der Waals surface area contributed by atoms with Crippen molar-refractivity contribution in [2.45, 2.75) is 182 Å². The molecule has 0 N–H and O–H groups in total. The molecule has 2 unspecified atom stereocenters. The molecule has 0 aliphatic carbocycles. The number of hydrogen-bond donors (Lipinski definition) is 0. The van der Waals surface area contributed by atoms with Crippen LogP contribution in [-0.4, -0.2) is 54.4 Å². The molecule has 0 heterocycles. The summed E-state index contributed by atoms with van der Waals surface area (Å²) in [5, 5.41) is 0.186. The van der Waals surface area contributed by atoms with Crippen LogP contribution in [0, 0.1) is 11.8 Å². The maximum atomic E-state index is 13.1. The van der Waals surface area contributed by atoms with Gasteiger partial charge in [0, 0.05) is 0 Å². The van der Waals surface area contributed by atoms with Gasteiger partial charge in [0.2, 0.25) is 5.91 Å². The average molecular weight is 703 g/mol. The number of carbonyl (C=O) groups excluding carboxylic acids is 3. The zero-order valence-corrected chi connectivity index (χ0v) is 31.6. The highest BCUT2D eigenvalue weighted by atomic mass is 79.9. The Labute approximate surface area is 287 Å². The molecule has 0 aliphatic heterocycles. The Balaban J connectivity index is 4.83. The van der Waals surface area contributed by atoms with E-state index >= 15 is 0 Å². The van der Waals surface area contributed by atoms with Crippen LogP contribution in [0.2, 0.25) is 0 Å². The smallest absolute Gasteiger partial charge is 0.308 e. The van der Waals surface area contributed by atoms with Crippen LogP contribution in [-0.2, 0) is 23.9 Å². The molecule has 45 heavy (non-hydrogen) atoms. The van der Waals surface area contributed by atoms with Gasteiger partial charge in [0.15, 0.2) is 0 Å². The molecule has 0 spiro atoms. The van der Waals surface area contributed by atoms with E-state index in [4.69, 9.17) is 9.47 Å². The fourth-order valence-electron chi connectivity index (χ4n) is 5.93. The Morgan fingerprint density at radius 1 is 0.489 bits per heavy atom. The Morgan fingerprint density at radius 3 is 1.09 bits per heavy atom. The highest BCUT2D eigenvalue weighted by Crippen LogP contribution is 2.22. The summed E-state index contributed by atoms with van der Waals surface area (Å²) in [6.07, 6.45) is 27.2. The van der Waals surface area contributed by atoms with Crippen molar-refractivity contribution in [3.05, 3.63) is 0 Å². The van der Waals surface area contributed by atoms with Crippen LogP contribution >= 0.6 is 15.9 Å². The summed E-state index contributed by atoms with van der Waals surface area (Å²) in [4.78, 5) is 40.4. The van der Waals surface area contributed by atoms with Crippen LogP contribution in [0.25, 0.3) is 0 Å². The molecule has 0 aromatic heterocycles. The summed E-state index contributed by atoms with van der Waals surface area (Å²) in [5.74, 6) is -0.462. The van der Waals surface area contributed by atoms with E-state index in [0.717, 1.165) is 64.2 Å². The Hall–Kier alpha value is -1.11.